The van der Waals surface area contributed by atoms with Gasteiger partial charge in [-0.05, 0) is 48.5 Å². The molecule has 0 amide bonds. The molecule has 2 aromatic carbocycles. The Hall–Kier alpha value is -3.54. The first-order valence-electron chi connectivity index (χ1n) is 10.4. The van der Waals surface area contributed by atoms with Gasteiger partial charge in [-0.3, -0.25) is 8.57 Å². The van der Waals surface area contributed by atoms with E-state index in [2.05, 4.69) is 18.9 Å². The quantitative estimate of drug-likeness (QED) is 0.153. The third kappa shape index (κ3) is 11.4. The molecule has 39 heavy (non-hydrogen) atoms. The van der Waals surface area contributed by atoms with E-state index >= 15 is 0 Å². The number of hydrogen-bond donors (Lipinski definition) is 0. The van der Waals surface area contributed by atoms with Crippen LogP contribution in [0.4, 0.5) is 26.3 Å². The number of benzene rings is 2. The highest BCUT2D eigenvalue weighted by molar-refractivity contribution is 7.86. The highest BCUT2D eigenvalue weighted by Gasteiger charge is 2.39. The number of halogens is 6. The van der Waals surface area contributed by atoms with Gasteiger partial charge in [0.2, 0.25) is 0 Å². The lowest BCUT2D eigenvalue weighted by Crippen LogP contribution is -2.24. The summed E-state index contributed by atoms with van der Waals surface area (Å²) in [5.74, 6) is 0.368. The Bertz CT molecular complexity index is 1280. The van der Waals surface area contributed by atoms with Crippen molar-refractivity contribution in [3.05, 3.63) is 59.7 Å². The molecule has 0 saturated carbocycles. The zero-order valence-electron chi connectivity index (χ0n) is 20.0. The van der Waals surface area contributed by atoms with Crippen molar-refractivity contribution < 1.29 is 61.2 Å². The van der Waals surface area contributed by atoms with Crippen LogP contribution in [0.2, 0.25) is 0 Å². The maximum Gasteiger partial charge on any atom is 0.437 e. The Balaban J connectivity index is 1.91. The predicted octanol–water partition coefficient (Wildman–Crippen LogP) is 4.02. The summed E-state index contributed by atoms with van der Waals surface area (Å²) in [5.41, 5.74) is -4.05. The topological polar surface area (TPSA) is 130 Å². The molecule has 0 aliphatic rings. The molecule has 2 aromatic rings. The van der Waals surface area contributed by atoms with Gasteiger partial charge in [0.25, 0.3) is 0 Å². The van der Waals surface area contributed by atoms with Crippen LogP contribution in [0.25, 0.3) is 0 Å². The van der Waals surface area contributed by atoms with Crippen LogP contribution in [0.5, 0.6) is 11.5 Å². The number of ether oxygens (including phenoxy) is 2. The van der Waals surface area contributed by atoms with E-state index in [1.807, 2.05) is 0 Å². The molecule has 0 heterocycles. The molecule has 0 spiro atoms. The Labute approximate surface area is 219 Å². The standard InChI is InChI=1S/C21H20F6N2O8S2/c1-38(30,31)36-28-18(20(22,23)24)14-4-8-16(9-5-14)34-12-3-13-35-17-10-6-15(7-11-17)19(21(25,26)27)29-37-39(2,32)33/h4-11H,3,12-13H2,1-2H3. The van der Waals surface area contributed by atoms with Crippen molar-refractivity contribution in [2.75, 3.05) is 25.7 Å². The van der Waals surface area contributed by atoms with E-state index in [0.717, 1.165) is 24.3 Å². The van der Waals surface area contributed by atoms with Crippen molar-refractivity contribution in [3.8, 4) is 11.5 Å². The van der Waals surface area contributed by atoms with Crippen molar-refractivity contribution >= 4 is 31.7 Å². The van der Waals surface area contributed by atoms with Crippen LogP contribution in [0, 0.1) is 0 Å². The molecule has 0 aliphatic heterocycles. The van der Waals surface area contributed by atoms with Gasteiger partial charge in [0.15, 0.2) is 11.4 Å². The molecular weight excluding hydrogens is 586 g/mol. The number of alkyl halides is 6. The van der Waals surface area contributed by atoms with Crippen LogP contribution in [0.1, 0.15) is 17.5 Å². The average molecular weight is 607 g/mol. The first-order chi connectivity index (χ1) is 17.9. The van der Waals surface area contributed by atoms with Gasteiger partial charge in [0.05, 0.1) is 25.7 Å². The summed E-state index contributed by atoms with van der Waals surface area (Å²) in [6.45, 7) is 0.116. The molecule has 0 aromatic heterocycles. The lowest BCUT2D eigenvalue weighted by molar-refractivity contribution is -0.0606. The van der Waals surface area contributed by atoms with Gasteiger partial charge in [-0.1, -0.05) is 10.3 Å². The fourth-order valence-corrected chi connectivity index (χ4v) is 3.02. The molecule has 0 bridgehead atoms. The number of oxime groups is 2. The molecule has 18 heteroatoms. The van der Waals surface area contributed by atoms with Crippen molar-refractivity contribution in [2.24, 2.45) is 10.3 Å². The second kappa shape index (κ2) is 12.5. The highest BCUT2D eigenvalue weighted by atomic mass is 32.2. The van der Waals surface area contributed by atoms with Gasteiger partial charge in [-0.25, -0.2) is 0 Å². The van der Waals surface area contributed by atoms with Crippen molar-refractivity contribution in [1.29, 1.82) is 0 Å². The minimum atomic E-state index is -4.99. The number of rotatable bonds is 12. The van der Waals surface area contributed by atoms with Gasteiger partial charge in [-0.2, -0.15) is 43.2 Å². The van der Waals surface area contributed by atoms with Crippen molar-refractivity contribution in [2.45, 2.75) is 18.8 Å². The van der Waals surface area contributed by atoms with E-state index in [9.17, 15) is 43.2 Å². The Kier molecular flexibility index (Phi) is 10.2. The average Bonchev–Trinajstić information content (AvgIpc) is 2.77. The molecule has 0 N–H and O–H groups in total. The second-order valence-corrected chi connectivity index (χ2v) is 10.6. The van der Waals surface area contributed by atoms with E-state index in [1.54, 1.807) is 0 Å². The van der Waals surface area contributed by atoms with Gasteiger partial charge >= 0.3 is 32.6 Å². The maximum absolute atomic E-state index is 13.2. The zero-order chi connectivity index (χ0) is 29.5. The molecule has 216 valence electrons. The van der Waals surface area contributed by atoms with E-state index in [0.29, 0.717) is 12.5 Å². The number of nitrogens with zero attached hydrogens (tertiary/aromatic N) is 2. The number of hydrogen-bond acceptors (Lipinski definition) is 10. The molecule has 0 atom stereocenters. The van der Waals surface area contributed by atoms with E-state index in [4.69, 9.17) is 9.47 Å². The molecule has 0 saturated heterocycles. The van der Waals surface area contributed by atoms with Crippen LogP contribution in [0.3, 0.4) is 0 Å². The SMILES string of the molecule is CS(=O)(=O)ON=C(c1ccc(OCCCOc2ccc(C(=NOS(C)(=O)=O)C(F)(F)F)cc2)cc1)C(F)(F)F. The first-order valence-corrected chi connectivity index (χ1v) is 14.0. The molecule has 0 aliphatic carbocycles. The van der Waals surface area contributed by atoms with Crippen LogP contribution >= 0.6 is 0 Å². The van der Waals surface area contributed by atoms with Gasteiger partial charge in [0.1, 0.15) is 11.5 Å². The third-order valence-electron chi connectivity index (χ3n) is 4.15. The largest absolute Gasteiger partial charge is 0.493 e. The summed E-state index contributed by atoms with van der Waals surface area (Å²) in [7, 11) is -8.50. The lowest BCUT2D eigenvalue weighted by Gasteiger charge is -2.12. The second-order valence-electron chi connectivity index (χ2n) is 7.53. The molecular formula is C21H20F6N2O8S2. The van der Waals surface area contributed by atoms with Crippen LogP contribution < -0.4 is 9.47 Å². The van der Waals surface area contributed by atoms with Crippen molar-refractivity contribution in [1.82, 2.24) is 0 Å². The van der Waals surface area contributed by atoms with E-state index < -0.39 is 55.1 Å². The summed E-state index contributed by atoms with van der Waals surface area (Å²) >= 11 is 0. The lowest BCUT2D eigenvalue weighted by atomic mass is 10.1. The Morgan fingerprint density at radius 1 is 0.641 bits per heavy atom. The monoisotopic (exact) mass is 606 g/mol. The first kappa shape index (κ1) is 31.7. The Morgan fingerprint density at radius 2 is 0.949 bits per heavy atom. The summed E-state index contributed by atoms with van der Waals surface area (Å²) in [4.78, 5) is 0. The molecule has 2 rings (SSSR count). The minimum Gasteiger partial charge on any atom is -0.493 e. The highest BCUT2D eigenvalue weighted by Crippen LogP contribution is 2.26. The van der Waals surface area contributed by atoms with Gasteiger partial charge in [0, 0.05) is 17.5 Å². The molecule has 0 fully saturated rings. The van der Waals surface area contributed by atoms with Gasteiger partial charge in [-0.15, -0.1) is 0 Å². The summed E-state index contributed by atoms with van der Waals surface area (Å²) < 4.78 is 141. The smallest absolute Gasteiger partial charge is 0.437 e. The summed E-state index contributed by atoms with van der Waals surface area (Å²) in [5, 5.41) is 5.36. The Morgan fingerprint density at radius 3 is 1.21 bits per heavy atom. The van der Waals surface area contributed by atoms with Crippen molar-refractivity contribution in [3.63, 3.8) is 0 Å². The zero-order valence-corrected chi connectivity index (χ0v) is 21.6. The van der Waals surface area contributed by atoms with E-state index in [-0.39, 0.29) is 31.1 Å². The molecule has 0 radical (unpaired) electrons. The fourth-order valence-electron chi connectivity index (χ4n) is 2.60. The van der Waals surface area contributed by atoms with Crippen LogP contribution in [-0.4, -0.2) is 66.3 Å². The van der Waals surface area contributed by atoms with Crippen LogP contribution in [0.15, 0.2) is 58.8 Å². The maximum atomic E-state index is 13.2. The summed E-state index contributed by atoms with van der Waals surface area (Å²) in [6.07, 6.45) is -8.63. The normalized spacial score (nSPS) is 13.6. The summed E-state index contributed by atoms with van der Waals surface area (Å²) in [6, 6.07) is 8.81. The van der Waals surface area contributed by atoms with Gasteiger partial charge < -0.3 is 9.47 Å². The van der Waals surface area contributed by atoms with Crippen LogP contribution in [-0.2, 0) is 28.8 Å². The molecule has 10 nitrogen and oxygen atoms in total. The third-order valence-corrected chi connectivity index (χ3v) is 4.84. The molecule has 0 unspecified atom stereocenters. The predicted molar refractivity (Wildman–Crippen MR) is 126 cm³/mol. The minimum absolute atomic E-state index is 0.0581. The van der Waals surface area contributed by atoms with E-state index in [1.165, 1.54) is 24.3 Å². The fraction of sp³-hybridized carbons (Fsp3) is 0.333.